The van der Waals surface area contributed by atoms with E-state index in [1.807, 2.05) is 6.92 Å². The number of carbonyl (C=O) groups is 1. The highest BCUT2D eigenvalue weighted by atomic mass is 35.5. The van der Waals surface area contributed by atoms with E-state index in [-0.39, 0.29) is 11.8 Å². The van der Waals surface area contributed by atoms with E-state index in [4.69, 9.17) is 21.6 Å². The average Bonchev–Trinajstić information content (AvgIpc) is 2.91. The number of nitrogens with zero attached hydrogens (tertiary/aromatic N) is 3. The third kappa shape index (κ3) is 3.36. The van der Waals surface area contributed by atoms with Gasteiger partial charge in [0.1, 0.15) is 11.6 Å². The Hall–Kier alpha value is -2.52. The smallest absolute Gasteiger partial charge is 0.233 e. The summed E-state index contributed by atoms with van der Waals surface area (Å²) in [4.78, 5) is 12.8. The van der Waals surface area contributed by atoms with Crippen molar-refractivity contribution in [2.75, 3.05) is 11.9 Å². The van der Waals surface area contributed by atoms with Crippen molar-refractivity contribution in [3.05, 3.63) is 40.5 Å². The van der Waals surface area contributed by atoms with E-state index >= 15 is 0 Å². The molecule has 3 rings (SSSR count). The summed E-state index contributed by atoms with van der Waals surface area (Å²) in [7, 11) is 0. The van der Waals surface area contributed by atoms with Crippen molar-refractivity contribution >= 4 is 23.3 Å². The van der Waals surface area contributed by atoms with Crippen molar-refractivity contribution in [1.82, 2.24) is 9.78 Å². The van der Waals surface area contributed by atoms with Crippen LogP contribution in [0.4, 0.5) is 5.82 Å². The number of ether oxygens (including phenoxy) is 1. The van der Waals surface area contributed by atoms with Gasteiger partial charge in [0.05, 0.1) is 37.3 Å². The van der Waals surface area contributed by atoms with Crippen LogP contribution < -0.4 is 10.1 Å². The maximum absolute atomic E-state index is 12.8. The Labute approximate surface area is 145 Å². The monoisotopic (exact) mass is 344 g/mol. The SMILES string of the molecule is Cc1cc(NC(=O)C2CCOc3ccc(Cl)cc32)n(CCC#N)n1. The molecule has 124 valence electrons. The molecular formula is C17H17ClN4O2. The molecular weight excluding hydrogens is 328 g/mol. The van der Waals surface area contributed by atoms with E-state index in [1.165, 1.54) is 0 Å². The molecule has 1 amide bonds. The molecule has 0 saturated heterocycles. The van der Waals surface area contributed by atoms with E-state index in [0.29, 0.717) is 42.6 Å². The van der Waals surface area contributed by atoms with Crippen LogP contribution in [0, 0.1) is 18.3 Å². The highest BCUT2D eigenvalue weighted by Gasteiger charge is 2.28. The predicted molar refractivity (Wildman–Crippen MR) is 90.1 cm³/mol. The van der Waals surface area contributed by atoms with Gasteiger partial charge in [-0.15, -0.1) is 0 Å². The Morgan fingerprint density at radius 3 is 3.17 bits per heavy atom. The molecule has 0 saturated carbocycles. The Morgan fingerprint density at radius 2 is 2.38 bits per heavy atom. The number of carbonyl (C=O) groups excluding carboxylic acids is 1. The highest BCUT2D eigenvalue weighted by molar-refractivity contribution is 6.30. The number of aromatic nitrogens is 2. The van der Waals surface area contributed by atoms with Gasteiger partial charge in [0, 0.05) is 16.7 Å². The normalized spacial score (nSPS) is 16.0. The maximum atomic E-state index is 12.8. The zero-order chi connectivity index (χ0) is 17.1. The van der Waals surface area contributed by atoms with Gasteiger partial charge in [-0.2, -0.15) is 10.4 Å². The lowest BCUT2D eigenvalue weighted by Crippen LogP contribution is -2.27. The first kappa shape index (κ1) is 16.3. The van der Waals surface area contributed by atoms with Crippen LogP contribution in [0.15, 0.2) is 24.3 Å². The van der Waals surface area contributed by atoms with Crippen molar-refractivity contribution in [3.8, 4) is 11.8 Å². The van der Waals surface area contributed by atoms with Crippen LogP contribution in [0.2, 0.25) is 5.02 Å². The summed E-state index contributed by atoms with van der Waals surface area (Å²) in [6, 6.07) is 9.20. The summed E-state index contributed by atoms with van der Waals surface area (Å²) in [5.74, 6) is 0.842. The molecule has 1 aromatic carbocycles. The van der Waals surface area contributed by atoms with Gasteiger partial charge < -0.3 is 10.1 Å². The van der Waals surface area contributed by atoms with E-state index in [9.17, 15) is 4.79 Å². The number of rotatable bonds is 4. The lowest BCUT2D eigenvalue weighted by molar-refractivity contribution is -0.118. The summed E-state index contributed by atoms with van der Waals surface area (Å²) in [6.45, 7) is 2.78. The first-order chi connectivity index (χ1) is 11.6. The second-order valence-corrected chi connectivity index (χ2v) is 6.10. The number of nitriles is 1. The first-order valence-electron chi connectivity index (χ1n) is 7.73. The number of halogens is 1. The van der Waals surface area contributed by atoms with Gasteiger partial charge in [0.15, 0.2) is 0 Å². The highest BCUT2D eigenvalue weighted by Crippen LogP contribution is 2.36. The summed E-state index contributed by atoms with van der Waals surface area (Å²) in [6.07, 6.45) is 0.921. The van der Waals surface area contributed by atoms with Gasteiger partial charge in [-0.25, -0.2) is 4.68 Å². The van der Waals surface area contributed by atoms with Crippen LogP contribution in [-0.2, 0) is 11.3 Å². The van der Waals surface area contributed by atoms with Gasteiger partial charge >= 0.3 is 0 Å². The van der Waals surface area contributed by atoms with Gasteiger partial charge in [-0.3, -0.25) is 4.79 Å². The Morgan fingerprint density at radius 1 is 1.54 bits per heavy atom. The standard InChI is InChI=1S/C17H17ClN4O2/c1-11-9-16(22(21-11)7-2-6-19)20-17(23)13-5-8-24-15-4-3-12(18)10-14(13)15/h3-4,9-10,13H,2,5,7-8H2,1H3,(H,20,23). The van der Waals surface area contributed by atoms with Crippen molar-refractivity contribution < 1.29 is 9.53 Å². The molecule has 0 radical (unpaired) electrons. The molecule has 24 heavy (non-hydrogen) atoms. The van der Waals surface area contributed by atoms with Crippen molar-refractivity contribution in [2.45, 2.75) is 32.2 Å². The Kier molecular flexibility index (Phi) is 4.72. The van der Waals surface area contributed by atoms with Crippen LogP contribution in [-0.4, -0.2) is 22.3 Å². The summed E-state index contributed by atoms with van der Waals surface area (Å²) in [5, 5.41) is 16.6. The molecule has 2 aromatic rings. The number of hydrogen-bond acceptors (Lipinski definition) is 4. The van der Waals surface area contributed by atoms with Crippen LogP contribution >= 0.6 is 11.6 Å². The van der Waals surface area contributed by atoms with Crippen LogP contribution in [0.25, 0.3) is 0 Å². The fraction of sp³-hybridized carbons (Fsp3) is 0.353. The lowest BCUT2D eigenvalue weighted by Gasteiger charge is -2.25. The first-order valence-corrected chi connectivity index (χ1v) is 8.11. The molecule has 6 nitrogen and oxygen atoms in total. The number of amides is 1. The molecule has 1 unspecified atom stereocenters. The van der Waals surface area contributed by atoms with E-state index in [2.05, 4.69) is 16.5 Å². The van der Waals surface area contributed by atoms with Crippen molar-refractivity contribution in [3.63, 3.8) is 0 Å². The van der Waals surface area contributed by atoms with Crippen molar-refractivity contribution in [1.29, 1.82) is 5.26 Å². The molecule has 1 aromatic heterocycles. The van der Waals surface area contributed by atoms with Gasteiger partial charge in [-0.1, -0.05) is 11.6 Å². The quantitative estimate of drug-likeness (QED) is 0.923. The fourth-order valence-corrected chi connectivity index (χ4v) is 3.00. The summed E-state index contributed by atoms with van der Waals surface area (Å²) >= 11 is 6.06. The predicted octanol–water partition coefficient (Wildman–Crippen LogP) is 3.26. The number of aryl methyl sites for hydroxylation is 2. The summed E-state index contributed by atoms with van der Waals surface area (Å²) in [5.41, 5.74) is 1.59. The van der Waals surface area contributed by atoms with Crippen LogP contribution in [0.5, 0.6) is 5.75 Å². The zero-order valence-electron chi connectivity index (χ0n) is 13.3. The molecule has 1 N–H and O–H groups in total. The van der Waals surface area contributed by atoms with E-state index in [1.54, 1.807) is 28.9 Å². The number of benzene rings is 1. The molecule has 0 bridgehead atoms. The largest absolute Gasteiger partial charge is 0.493 e. The van der Waals surface area contributed by atoms with E-state index in [0.717, 1.165) is 11.3 Å². The maximum Gasteiger partial charge on any atom is 0.233 e. The van der Waals surface area contributed by atoms with Crippen LogP contribution in [0.3, 0.4) is 0 Å². The number of hydrogen-bond donors (Lipinski definition) is 1. The molecule has 1 aliphatic rings. The number of nitrogens with one attached hydrogen (secondary N) is 1. The average molecular weight is 345 g/mol. The van der Waals surface area contributed by atoms with Gasteiger partial charge in [-0.05, 0) is 31.5 Å². The van der Waals surface area contributed by atoms with Gasteiger partial charge in [0.25, 0.3) is 0 Å². The Bertz CT molecular complexity index is 809. The number of anilines is 1. The third-order valence-electron chi connectivity index (χ3n) is 3.92. The molecule has 0 fully saturated rings. The molecule has 2 heterocycles. The Balaban J connectivity index is 1.82. The van der Waals surface area contributed by atoms with E-state index < -0.39 is 0 Å². The third-order valence-corrected chi connectivity index (χ3v) is 4.15. The fourth-order valence-electron chi connectivity index (χ4n) is 2.82. The second-order valence-electron chi connectivity index (χ2n) is 5.66. The minimum atomic E-state index is -0.327. The molecule has 1 atom stereocenters. The lowest BCUT2D eigenvalue weighted by atomic mass is 9.92. The minimum absolute atomic E-state index is 0.125. The topological polar surface area (TPSA) is 79.9 Å². The second kappa shape index (κ2) is 6.93. The molecule has 1 aliphatic heterocycles. The molecule has 0 spiro atoms. The van der Waals surface area contributed by atoms with Crippen LogP contribution in [0.1, 0.15) is 30.0 Å². The molecule has 0 aliphatic carbocycles. The zero-order valence-corrected chi connectivity index (χ0v) is 14.0. The van der Waals surface area contributed by atoms with Crippen molar-refractivity contribution in [2.24, 2.45) is 0 Å². The molecule has 7 heteroatoms. The minimum Gasteiger partial charge on any atom is -0.493 e. The van der Waals surface area contributed by atoms with Gasteiger partial charge in [0.2, 0.25) is 5.91 Å². The number of fused-ring (bicyclic) bond motifs is 1. The summed E-state index contributed by atoms with van der Waals surface area (Å²) < 4.78 is 7.25.